The SMILES string of the molecule is O=C(Nc1cccc(C#CCO)n1)c1ccccc1Cl. The van der Waals surface area contributed by atoms with Crippen molar-refractivity contribution in [2.24, 2.45) is 0 Å². The van der Waals surface area contributed by atoms with Gasteiger partial charge in [-0.1, -0.05) is 35.7 Å². The molecule has 5 heteroatoms. The fourth-order valence-corrected chi connectivity index (χ4v) is 1.75. The lowest BCUT2D eigenvalue weighted by Gasteiger charge is -2.06. The van der Waals surface area contributed by atoms with E-state index in [0.29, 0.717) is 22.1 Å². The van der Waals surface area contributed by atoms with Gasteiger partial charge in [-0.2, -0.15) is 0 Å². The quantitative estimate of drug-likeness (QED) is 0.833. The molecule has 0 bridgehead atoms. The van der Waals surface area contributed by atoms with E-state index in [9.17, 15) is 4.79 Å². The van der Waals surface area contributed by atoms with E-state index >= 15 is 0 Å². The molecule has 0 spiro atoms. The molecule has 1 aromatic carbocycles. The Hall–Kier alpha value is -2.35. The lowest BCUT2D eigenvalue weighted by molar-refractivity contribution is 0.102. The van der Waals surface area contributed by atoms with Crippen molar-refractivity contribution in [3.05, 3.63) is 58.7 Å². The molecular formula is C15H11ClN2O2. The number of rotatable bonds is 2. The number of carbonyl (C=O) groups is 1. The molecule has 4 nitrogen and oxygen atoms in total. The number of hydrogen-bond donors (Lipinski definition) is 2. The minimum atomic E-state index is -0.338. The molecule has 2 N–H and O–H groups in total. The Morgan fingerprint density at radius 3 is 2.80 bits per heavy atom. The number of carbonyl (C=O) groups excluding carboxylic acids is 1. The zero-order chi connectivity index (χ0) is 14.4. The van der Waals surface area contributed by atoms with E-state index in [1.807, 2.05) is 0 Å². The van der Waals surface area contributed by atoms with E-state index in [0.717, 1.165) is 0 Å². The van der Waals surface area contributed by atoms with Crippen LogP contribution in [0.15, 0.2) is 42.5 Å². The minimum absolute atomic E-state index is 0.238. The van der Waals surface area contributed by atoms with Gasteiger partial charge in [0.25, 0.3) is 5.91 Å². The predicted molar refractivity (Wildman–Crippen MR) is 77.6 cm³/mol. The zero-order valence-corrected chi connectivity index (χ0v) is 11.2. The Morgan fingerprint density at radius 1 is 1.25 bits per heavy atom. The lowest BCUT2D eigenvalue weighted by atomic mass is 10.2. The Balaban J connectivity index is 2.18. The fourth-order valence-electron chi connectivity index (χ4n) is 1.53. The van der Waals surface area contributed by atoms with Crippen molar-refractivity contribution in [1.29, 1.82) is 0 Å². The Kier molecular flexibility index (Phi) is 4.72. The number of hydrogen-bond acceptors (Lipinski definition) is 3. The lowest BCUT2D eigenvalue weighted by Crippen LogP contribution is -2.13. The molecule has 0 radical (unpaired) electrons. The number of amides is 1. The van der Waals surface area contributed by atoms with Gasteiger partial charge in [-0.25, -0.2) is 4.98 Å². The van der Waals surface area contributed by atoms with Crippen molar-refractivity contribution in [3.8, 4) is 11.8 Å². The molecule has 0 unspecified atom stereocenters. The maximum absolute atomic E-state index is 12.0. The standard InChI is InChI=1S/C15H11ClN2O2/c16-13-8-2-1-7-12(13)15(20)18-14-9-3-5-11(17-14)6-4-10-19/h1-3,5,7-9,19H,10H2,(H,17,18,20). The Morgan fingerprint density at radius 2 is 2.05 bits per heavy atom. The molecule has 0 aliphatic heterocycles. The summed E-state index contributed by atoms with van der Waals surface area (Å²) < 4.78 is 0. The number of aliphatic hydroxyl groups is 1. The maximum atomic E-state index is 12.0. The minimum Gasteiger partial charge on any atom is -0.384 e. The summed E-state index contributed by atoms with van der Waals surface area (Å²) in [4.78, 5) is 16.2. The summed E-state index contributed by atoms with van der Waals surface area (Å²) in [6.07, 6.45) is 0. The zero-order valence-electron chi connectivity index (χ0n) is 10.4. The van der Waals surface area contributed by atoms with Crippen LogP contribution in [0.1, 0.15) is 16.1 Å². The van der Waals surface area contributed by atoms with Crippen molar-refractivity contribution in [3.63, 3.8) is 0 Å². The summed E-state index contributed by atoms with van der Waals surface area (Å²) in [5.74, 6) is 5.20. The van der Waals surface area contributed by atoms with Crippen molar-refractivity contribution >= 4 is 23.3 Å². The number of halogens is 1. The van der Waals surface area contributed by atoms with Crippen LogP contribution >= 0.6 is 11.6 Å². The van der Waals surface area contributed by atoms with E-state index in [1.165, 1.54) is 0 Å². The van der Waals surface area contributed by atoms with Crippen LogP contribution in [0.3, 0.4) is 0 Å². The van der Waals surface area contributed by atoms with Crippen LogP contribution in [0, 0.1) is 11.8 Å². The predicted octanol–water partition coefficient (Wildman–Crippen LogP) is 2.33. The molecule has 100 valence electrons. The third-order valence-electron chi connectivity index (χ3n) is 2.40. The van der Waals surface area contributed by atoms with Crippen LogP contribution in [-0.2, 0) is 0 Å². The van der Waals surface area contributed by atoms with Gasteiger partial charge in [-0.05, 0) is 30.2 Å². The first-order valence-corrected chi connectivity index (χ1v) is 6.21. The molecule has 1 amide bonds. The van der Waals surface area contributed by atoms with Crippen LogP contribution in [0.25, 0.3) is 0 Å². The number of benzene rings is 1. The molecule has 0 fully saturated rings. The number of aliphatic hydroxyl groups excluding tert-OH is 1. The highest BCUT2D eigenvalue weighted by Crippen LogP contribution is 2.16. The first-order chi connectivity index (χ1) is 9.70. The highest BCUT2D eigenvalue weighted by atomic mass is 35.5. The molecule has 1 aromatic heterocycles. The second-order valence-electron chi connectivity index (χ2n) is 3.80. The summed E-state index contributed by atoms with van der Waals surface area (Å²) in [5, 5.41) is 11.7. The van der Waals surface area contributed by atoms with Gasteiger partial charge in [-0.15, -0.1) is 0 Å². The molecule has 0 atom stereocenters. The molecule has 0 aliphatic rings. The van der Waals surface area contributed by atoms with E-state index in [1.54, 1.807) is 42.5 Å². The molecule has 2 rings (SSSR count). The number of pyridine rings is 1. The van der Waals surface area contributed by atoms with Gasteiger partial charge < -0.3 is 10.4 Å². The van der Waals surface area contributed by atoms with E-state index < -0.39 is 0 Å². The van der Waals surface area contributed by atoms with E-state index in [2.05, 4.69) is 22.1 Å². The van der Waals surface area contributed by atoms with Crippen molar-refractivity contribution in [2.75, 3.05) is 11.9 Å². The summed E-state index contributed by atoms with van der Waals surface area (Å²) >= 11 is 5.95. The van der Waals surface area contributed by atoms with Gasteiger partial charge in [0.15, 0.2) is 0 Å². The largest absolute Gasteiger partial charge is 0.384 e. The van der Waals surface area contributed by atoms with Gasteiger partial charge in [0.05, 0.1) is 10.6 Å². The fraction of sp³-hybridized carbons (Fsp3) is 0.0667. The van der Waals surface area contributed by atoms with Gasteiger partial charge in [0, 0.05) is 0 Å². The van der Waals surface area contributed by atoms with Gasteiger partial charge in [0.1, 0.15) is 18.1 Å². The molecule has 1 heterocycles. The average Bonchev–Trinajstić information content (AvgIpc) is 2.46. The molecular weight excluding hydrogens is 276 g/mol. The van der Waals surface area contributed by atoms with Crippen molar-refractivity contribution in [1.82, 2.24) is 4.98 Å². The molecule has 0 saturated carbocycles. The van der Waals surface area contributed by atoms with Crippen LogP contribution in [0.5, 0.6) is 0 Å². The molecule has 20 heavy (non-hydrogen) atoms. The first kappa shape index (κ1) is 14.1. The summed E-state index contributed by atoms with van der Waals surface area (Å²) in [6, 6.07) is 11.8. The monoisotopic (exact) mass is 286 g/mol. The maximum Gasteiger partial charge on any atom is 0.258 e. The van der Waals surface area contributed by atoms with Crippen LogP contribution in [0.4, 0.5) is 5.82 Å². The third kappa shape index (κ3) is 3.58. The molecule has 2 aromatic rings. The molecule has 0 aliphatic carbocycles. The number of nitrogens with zero attached hydrogens (tertiary/aromatic N) is 1. The Labute approximate surface area is 121 Å². The van der Waals surface area contributed by atoms with E-state index in [4.69, 9.17) is 16.7 Å². The highest BCUT2D eigenvalue weighted by molar-refractivity contribution is 6.34. The number of aromatic nitrogens is 1. The van der Waals surface area contributed by atoms with Gasteiger partial charge >= 0.3 is 0 Å². The first-order valence-electron chi connectivity index (χ1n) is 5.83. The summed E-state index contributed by atoms with van der Waals surface area (Å²) in [6.45, 7) is -0.238. The summed E-state index contributed by atoms with van der Waals surface area (Å²) in [7, 11) is 0. The Bertz CT molecular complexity index is 690. The van der Waals surface area contributed by atoms with Crippen LogP contribution in [0.2, 0.25) is 5.02 Å². The van der Waals surface area contributed by atoms with Crippen LogP contribution in [-0.4, -0.2) is 22.6 Å². The smallest absolute Gasteiger partial charge is 0.258 e. The molecule has 0 saturated heterocycles. The van der Waals surface area contributed by atoms with E-state index in [-0.39, 0.29) is 12.5 Å². The third-order valence-corrected chi connectivity index (χ3v) is 2.73. The topological polar surface area (TPSA) is 62.2 Å². The van der Waals surface area contributed by atoms with Crippen molar-refractivity contribution < 1.29 is 9.90 Å². The summed E-state index contributed by atoms with van der Waals surface area (Å²) in [5.41, 5.74) is 0.846. The number of anilines is 1. The normalized spacial score (nSPS) is 9.50. The average molecular weight is 287 g/mol. The van der Waals surface area contributed by atoms with Crippen molar-refractivity contribution in [2.45, 2.75) is 0 Å². The second-order valence-corrected chi connectivity index (χ2v) is 4.21. The van der Waals surface area contributed by atoms with Gasteiger partial charge in [-0.3, -0.25) is 4.79 Å². The van der Waals surface area contributed by atoms with Gasteiger partial charge in [0.2, 0.25) is 0 Å². The number of nitrogens with one attached hydrogen (secondary N) is 1. The second kappa shape index (κ2) is 6.71. The highest BCUT2D eigenvalue weighted by Gasteiger charge is 2.10. The van der Waals surface area contributed by atoms with Crippen LogP contribution < -0.4 is 5.32 Å².